The van der Waals surface area contributed by atoms with E-state index in [1.807, 2.05) is 6.92 Å². The molecular weight excluding hydrogens is 288 g/mol. The maximum Gasteiger partial charge on any atom is 0.251 e. The minimum Gasteiger partial charge on any atom is -0.370 e. The molecule has 1 rings (SSSR count). The van der Waals surface area contributed by atoms with Crippen molar-refractivity contribution in [2.24, 2.45) is 0 Å². The Bertz CT molecular complexity index is 453. The van der Waals surface area contributed by atoms with E-state index < -0.39 is 0 Å². The SMILES string of the molecule is CCCN(CC)CCNC(=O)c1cc(Cl)nc(NCC)c1. The molecule has 1 aromatic heterocycles. The summed E-state index contributed by atoms with van der Waals surface area (Å²) in [5.74, 6) is 0.502. The molecule has 1 aromatic rings. The van der Waals surface area contributed by atoms with Crippen LogP contribution in [0.3, 0.4) is 0 Å². The molecule has 0 fully saturated rings. The van der Waals surface area contributed by atoms with Crippen molar-refractivity contribution in [2.75, 3.05) is 38.0 Å². The normalized spacial score (nSPS) is 10.7. The van der Waals surface area contributed by atoms with Gasteiger partial charge in [0.05, 0.1) is 0 Å². The van der Waals surface area contributed by atoms with Gasteiger partial charge in [-0.05, 0) is 38.6 Å². The van der Waals surface area contributed by atoms with E-state index in [1.54, 1.807) is 12.1 Å². The fraction of sp³-hybridized carbons (Fsp3) is 0.600. The number of likely N-dealkylation sites (N-methyl/N-ethyl adjacent to an activating group) is 1. The molecule has 0 aliphatic rings. The van der Waals surface area contributed by atoms with Crippen LogP contribution >= 0.6 is 11.6 Å². The molecule has 0 bridgehead atoms. The number of nitrogens with one attached hydrogen (secondary N) is 2. The molecule has 118 valence electrons. The fourth-order valence-corrected chi connectivity index (χ4v) is 2.28. The van der Waals surface area contributed by atoms with Gasteiger partial charge in [-0.25, -0.2) is 4.98 Å². The molecule has 0 saturated carbocycles. The van der Waals surface area contributed by atoms with Crippen molar-refractivity contribution in [3.8, 4) is 0 Å². The van der Waals surface area contributed by atoms with E-state index in [1.165, 1.54) is 0 Å². The molecular formula is C15H25ClN4O. The summed E-state index contributed by atoms with van der Waals surface area (Å²) in [7, 11) is 0. The first-order chi connectivity index (χ1) is 10.1. The third-order valence-corrected chi connectivity index (χ3v) is 3.31. The van der Waals surface area contributed by atoms with E-state index in [0.717, 1.165) is 32.6 Å². The van der Waals surface area contributed by atoms with Gasteiger partial charge in [0.15, 0.2) is 0 Å². The topological polar surface area (TPSA) is 57.3 Å². The number of carbonyl (C=O) groups excluding carboxylic acids is 1. The van der Waals surface area contributed by atoms with Crippen molar-refractivity contribution >= 4 is 23.3 Å². The minimum atomic E-state index is -0.119. The average molecular weight is 313 g/mol. The Kier molecular flexibility index (Phi) is 8.08. The van der Waals surface area contributed by atoms with Crippen molar-refractivity contribution in [1.29, 1.82) is 0 Å². The van der Waals surface area contributed by atoms with E-state index in [9.17, 15) is 4.79 Å². The molecule has 0 unspecified atom stereocenters. The van der Waals surface area contributed by atoms with Crippen LogP contribution < -0.4 is 10.6 Å². The number of rotatable bonds is 9. The molecule has 0 spiro atoms. The number of hydrogen-bond donors (Lipinski definition) is 2. The van der Waals surface area contributed by atoms with Gasteiger partial charge in [-0.3, -0.25) is 4.79 Å². The Labute approximate surface area is 132 Å². The second-order valence-corrected chi connectivity index (χ2v) is 5.17. The number of amides is 1. The predicted molar refractivity (Wildman–Crippen MR) is 88.1 cm³/mol. The molecule has 0 aromatic carbocycles. The zero-order chi connectivity index (χ0) is 15.7. The lowest BCUT2D eigenvalue weighted by Gasteiger charge is -2.19. The molecule has 1 amide bonds. The number of carbonyl (C=O) groups is 1. The highest BCUT2D eigenvalue weighted by atomic mass is 35.5. The van der Waals surface area contributed by atoms with Gasteiger partial charge in [0.25, 0.3) is 5.91 Å². The van der Waals surface area contributed by atoms with E-state index in [0.29, 0.717) is 23.1 Å². The molecule has 6 heteroatoms. The lowest BCUT2D eigenvalue weighted by Crippen LogP contribution is -2.35. The van der Waals surface area contributed by atoms with Crippen LogP contribution in [0.1, 0.15) is 37.6 Å². The number of halogens is 1. The maximum atomic E-state index is 12.1. The van der Waals surface area contributed by atoms with Crippen LogP contribution in [0.2, 0.25) is 5.15 Å². The Morgan fingerprint density at radius 1 is 1.29 bits per heavy atom. The van der Waals surface area contributed by atoms with Gasteiger partial charge in [-0.1, -0.05) is 25.4 Å². The standard InChI is InChI=1S/C15H25ClN4O/c1-4-8-20(6-3)9-7-18-15(21)12-10-13(16)19-14(11-12)17-5-2/h10-11H,4-9H2,1-3H3,(H,17,19)(H,18,21). The van der Waals surface area contributed by atoms with Crippen LogP contribution in [0.25, 0.3) is 0 Å². The smallest absolute Gasteiger partial charge is 0.251 e. The van der Waals surface area contributed by atoms with Crippen molar-refractivity contribution in [3.63, 3.8) is 0 Å². The van der Waals surface area contributed by atoms with Crippen molar-refractivity contribution < 1.29 is 4.79 Å². The molecule has 0 aliphatic heterocycles. The van der Waals surface area contributed by atoms with Gasteiger partial charge in [0.1, 0.15) is 11.0 Å². The Hall–Kier alpha value is -1.33. The van der Waals surface area contributed by atoms with Crippen LogP contribution in [0.15, 0.2) is 12.1 Å². The highest BCUT2D eigenvalue weighted by molar-refractivity contribution is 6.29. The van der Waals surface area contributed by atoms with Crippen LogP contribution in [0, 0.1) is 0 Å². The first kappa shape index (κ1) is 17.7. The second kappa shape index (κ2) is 9.58. The van der Waals surface area contributed by atoms with Gasteiger partial charge in [-0.15, -0.1) is 0 Å². The van der Waals surface area contributed by atoms with E-state index in [-0.39, 0.29) is 5.91 Å². The second-order valence-electron chi connectivity index (χ2n) is 4.78. The lowest BCUT2D eigenvalue weighted by molar-refractivity contribution is 0.0948. The third-order valence-electron chi connectivity index (χ3n) is 3.11. The molecule has 5 nitrogen and oxygen atoms in total. The predicted octanol–water partition coefficient (Wildman–Crippen LogP) is 2.63. The number of anilines is 1. The zero-order valence-corrected chi connectivity index (χ0v) is 13.8. The first-order valence-electron chi connectivity index (χ1n) is 7.52. The first-order valence-corrected chi connectivity index (χ1v) is 7.90. The highest BCUT2D eigenvalue weighted by Crippen LogP contribution is 2.14. The summed E-state index contributed by atoms with van der Waals surface area (Å²) in [5, 5.41) is 6.30. The summed E-state index contributed by atoms with van der Waals surface area (Å²) in [6, 6.07) is 3.30. The van der Waals surface area contributed by atoms with Crippen LogP contribution in [0.4, 0.5) is 5.82 Å². The summed E-state index contributed by atoms with van der Waals surface area (Å²) >= 11 is 5.94. The number of aromatic nitrogens is 1. The third kappa shape index (κ3) is 6.31. The number of nitrogens with zero attached hydrogens (tertiary/aromatic N) is 2. The van der Waals surface area contributed by atoms with Crippen molar-refractivity contribution in [1.82, 2.24) is 15.2 Å². The largest absolute Gasteiger partial charge is 0.370 e. The van der Waals surface area contributed by atoms with E-state index in [4.69, 9.17) is 11.6 Å². The number of hydrogen-bond acceptors (Lipinski definition) is 4. The molecule has 0 aliphatic carbocycles. The Morgan fingerprint density at radius 3 is 2.67 bits per heavy atom. The molecule has 0 atom stereocenters. The summed E-state index contributed by atoms with van der Waals surface area (Å²) in [4.78, 5) is 18.6. The zero-order valence-electron chi connectivity index (χ0n) is 13.1. The van der Waals surface area contributed by atoms with E-state index in [2.05, 4.69) is 34.4 Å². The maximum absolute atomic E-state index is 12.1. The summed E-state index contributed by atoms with van der Waals surface area (Å²) < 4.78 is 0. The monoisotopic (exact) mass is 312 g/mol. The quantitative estimate of drug-likeness (QED) is 0.688. The lowest BCUT2D eigenvalue weighted by atomic mass is 10.2. The van der Waals surface area contributed by atoms with Gasteiger partial charge in [0, 0.05) is 25.2 Å². The van der Waals surface area contributed by atoms with Crippen molar-refractivity contribution in [3.05, 3.63) is 22.8 Å². The van der Waals surface area contributed by atoms with Gasteiger partial charge < -0.3 is 15.5 Å². The van der Waals surface area contributed by atoms with Gasteiger partial charge >= 0.3 is 0 Å². The molecule has 0 radical (unpaired) electrons. The summed E-state index contributed by atoms with van der Waals surface area (Å²) in [6.07, 6.45) is 1.12. The molecule has 21 heavy (non-hydrogen) atoms. The van der Waals surface area contributed by atoms with Crippen molar-refractivity contribution in [2.45, 2.75) is 27.2 Å². The van der Waals surface area contributed by atoms with E-state index >= 15 is 0 Å². The van der Waals surface area contributed by atoms with Gasteiger partial charge in [0.2, 0.25) is 0 Å². The van der Waals surface area contributed by atoms with Crippen LogP contribution in [0.5, 0.6) is 0 Å². The van der Waals surface area contributed by atoms with Crippen LogP contribution in [-0.4, -0.2) is 48.5 Å². The summed E-state index contributed by atoms with van der Waals surface area (Å²) in [6.45, 7) is 10.5. The minimum absolute atomic E-state index is 0.119. The Balaban J connectivity index is 2.55. The molecule has 1 heterocycles. The Morgan fingerprint density at radius 2 is 2.05 bits per heavy atom. The fourth-order valence-electron chi connectivity index (χ4n) is 2.07. The molecule has 0 saturated heterocycles. The highest BCUT2D eigenvalue weighted by Gasteiger charge is 2.09. The molecule has 2 N–H and O–H groups in total. The van der Waals surface area contributed by atoms with Gasteiger partial charge in [-0.2, -0.15) is 0 Å². The van der Waals surface area contributed by atoms with Crippen LogP contribution in [-0.2, 0) is 0 Å². The summed E-state index contributed by atoms with van der Waals surface area (Å²) in [5.41, 5.74) is 0.532. The average Bonchev–Trinajstić information content (AvgIpc) is 2.46. The number of pyridine rings is 1.